The van der Waals surface area contributed by atoms with Gasteiger partial charge in [0.05, 0.1) is 48.1 Å². The smallest absolute Gasteiger partial charge is 0.337 e. The third-order valence-electron chi connectivity index (χ3n) is 6.24. The highest BCUT2D eigenvalue weighted by Crippen LogP contribution is 2.34. The summed E-state index contributed by atoms with van der Waals surface area (Å²) in [6.45, 7) is 3.34. The number of rotatable bonds is 8. The SMILES string of the molecule is COC(=O)c1cc(C)nc(-c2cnn(C)c2OC[C@H]2CC[C@@H](CNc3cc(Br)ccc3N)C2)c1. The minimum absolute atomic E-state index is 0.395. The number of nitrogen functional groups attached to an aromatic ring is 1. The number of aryl methyl sites for hydroxylation is 2. The molecule has 1 aliphatic carbocycles. The number of nitrogens with zero attached hydrogens (tertiary/aromatic N) is 3. The Hall–Kier alpha value is -3.07. The topological polar surface area (TPSA) is 104 Å². The van der Waals surface area contributed by atoms with E-state index in [1.54, 1.807) is 23.0 Å². The van der Waals surface area contributed by atoms with E-state index in [0.717, 1.165) is 52.9 Å². The molecule has 0 radical (unpaired) electrons. The van der Waals surface area contributed by atoms with Crippen molar-refractivity contribution < 1.29 is 14.3 Å². The van der Waals surface area contributed by atoms with Crippen molar-refractivity contribution in [1.29, 1.82) is 0 Å². The highest BCUT2D eigenvalue weighted by molar-refractivity contribution is 9.10. The number of hydrogen-bond donors (Lipinski definition) is 2. The molecule has 0 spiro atoms. The van der Waals surface area contributed by atoms with Crippen molar-refractivity contribution >= 4 is 33.3 Å². The van der Waals surface area contributed by atoms with Gasteiger partial charge in [-0.3, -0.25) is 4.98 Å². The second-order valence-corrected chi connectivity index (χ2v) is 9.75. The molecule has 4 rings (SSSR count). The Morgan fingerprint density at radius 2 is 2.06 bits per heavy atom. The van der Waals surface area contributed by atoms with Crippen LogP contribution in [0.4, 0.5) is 11.4 Å². The number of benzene rings is 1. The summed E-state index contributed by atoms with van der Waals surface area (Å²) < 4.78 is 13.8. The first-order valence-electron chi connectivity index (χ1n) is 11.3. The fourth-order valence-corrected chi connectivity index (χ4v) is 4.82. The first-order valence-corrected chi connectivity index (χ1v) is 12.1. The van der Waals surface area contributed by atoms with Crippen molar-refractivity contribution in [1.82, 2.24) is 14.8 Å². The number of ether oxygens (including phenoxy) is 2. The molecule has 0 unspecified atom stereocenters. The number of nitrogens with two attached hydrogens (primary N) is 1. The number of methoxy groups -OCH3 is 1. The Bertz CT molecular complexity index is 1180. The van der Waals surface area contributed by atoms with Crippen molar-refractivity contribution in [3.8, 4) is 17.1 Å². The molecule has 3 N–H and O–H groups in total. The lowest BCUT2D eigenvalue weighted by Crippen LogP contribution is -2.15. The second-order valence-electron chi connectivity index (χ2n) is 8.83. The number of hydrogen-bond acceptors (Lipinski definition) is 7. The van der Waals surface area contributed by atoms with E-state index in [1.807, 2.05) is 32.2 Å². The van der Waals surface area contributed by atoms with Crippen LogP contribution in [0, 0.1) is 18.8 Å². The third kappa shape index (κ3) is 5.52. The van der Waals surface area contributed by atoms with Crippen molar-refractivity contribution in [2.45, 2.75) is 26.2 Å². The monoisotopic (exact) mass is 527 g/mol. The maximum atomic E-state index is 12.0. The van der Waals surface area contributed by atoms with Crippen molar-refractivity contribution in [3.63, 3.8) is 0 Å². The molecule has 2 atom stereocenters. The zero-order valence-corrected chi connectivity index (χ0v) is 21.3. The zero-order valence-electron chi connectivity index (χ0n) is 19.7. The lowest BCUT2D eigenvalue weighted by molar-refractivity contribution is 0.0600. The standard InChI is InChI=1S/C25H30BrN5O3/c1-15-8-18(25(32)33-3)10-22(30-15)20-13-29-31(2)24(20)34-14-17-5-4-16(9-17)12-28-23-11-19(26)6-7-21(23)27/h6-8,10-11,13,16-17,28H,4-5,9,12,14,27H2,1-3H3/t16-,17+/m1/s1. The number of pyridine rings is 1. The number of nitrogens with one attached hydrogen (secondary N) is 1. The molecule has 180 valence electrons. The molecule has 1 aliphatic rings. The molecule has 0 amide bonds. The summed E-state index contributed by atoms with van der Waals surface area (Å²) in [5, 5.41) is 7.86. The summed E-state index contributed by atoms with van der Waals surface area (Å²) in [5.41, 5.74) is 10.4. The Morgan fingerprint density at radius 3 is 2.85 bits per heavy atom. The second kappa shape index (κ2) is 10.5. The quantitative estimate of drug-likeness (QED) is 0.319. The van der Waals surface area contributed by atoms with Crippen molar-refractivity contribution in [2.75, 3.05) is 31.3 Å². The molecular formula is C25H30BrN5O3. The molecule has 0 saturated heterocycles. The Kier molecular flexibility index (Phi) is 7.41. The van der Waals surface area contributed by atoms with Gasteiger partial charge in [-0.05, 0) is 68.4 Å². The molecule has 34 heavy (non-hydrogen) atoms. The molecule has 1 aromatic carbocycles. The molecule has 0 aliphatic heterocycles. The van der Waals surface area contributed by atoms with E-state index in [1.165, 1.54) is 7.11 Å². The lowest BCUT2D eigenvalue weighted by Gasteiger charge is -2.16. The van der Waals surface area contributed by atoms with Gasteiger partial charge in [0, 0.05) is 23.8 Å². The lowest BCUT2D eigenvalue weighted by atomic mass is 10.1. The predicted molar refractivity (Wildman–Crippen MR) is 136 cm³/mol. The summed E-state index contributed by atoms with van der Waals surface area (Å²) in [5.74, 6) is 1.29. The molecule has 9 heteroatoms. The van der Waals surface area contributed by atoms with Crippen LogP contribution >= 0.6 is 15.9 Å². The van der Waals surface area contributed by atoms with Gasteiger partial charge in [0.25, 0.3) is 0 Å². The van der Waals surface area contributed by atoms with Gasteiger partial charge in [-0.2, -0.15) is 5.10 Å². The van der Waals surface area contributed by atoms with Gasteiger partial charge in [0.2, 0.25) is 5.88 Å². The van der Waals surface area contributed by atoms with Gasteiger partial charge in [-0.1, -0.05) is 15.9 Å². The largest absolute Gasteiger partial charge is 0.477 e. The predicted octanol–water partition coefficient (Wildman–Crippen LogP) is 4.83. The average Bonchev–Trinajstić information content (AvgIpc) is 3.43. The first kappa shape index (κ1) is 24.1. The van der Waals surface area contributed by atoms with Crippen LogP contribution in [-0.4, -0.2) is 41.0 Å². The highest BCUT2D eigenvalue weighted by Gasteiger charge is 2.26. The summed E-state index contributed by atoms with van der Waals surface area (Å²) >= 11 is 3.50. The Labute approximate surface area is 208 Å². The maximum Gasteiger partial charge on any atom is 0.337 e. The minimum atomic E-state index is -0.395. The molecule has 2 aromatic heterocycles. The van der Waals surface area contributed by atoms with Gasteiger partial charge >= 0.3 is 5.97 Å². The molecule has 3 aromatic rings. The van der Waals surface area contributed by atoms with Crippen LogP contribution in [0.25, 0.3) is 11.3 Å². The van der Waals surface area contributed by atoms with Crippen LogP contribution in [0.2, 0.25) is 0 Å². The van der Waals surface area contributed by atoms with Gasteiger partial charge < -0.3 is 20.5 Å². The van der Waals surface area contributed by atoms with E-state index in [2.05, 4.69) is 31.3 Å². The van der Waals surface area contributed by atoms with Gasteiger partial charge in [0.15, 0.2) is 0 Å². The van der Waals surface area contributed by atoms with Crippen LogP contribution in [0.3, 0.4) is 0 Å². The van der Waals surface area contributed by atoms with Crippen LogP contribution in [0.5, 0.6) is 5.88 Å². The van der Waals surface area contributed by atoms with Gasteiger partial charge in [-0.15, -0.1) is 0 Å². The van der Waals surface area contributed by atoms with Crippen LogP contribution in [0.1, 0.15) is 35.3 Å². The fraction of sp³-hybridized carbons (Fsp3) is 0.400. The van der Waals surface area contributed by atoms with Crippen LogP contribution in [0.15, 0.2) is 41.0 Å². The van der Waals surface area contributed by atoms with E-state index >= 15 is 0 Å². The van der Waals surface area contributed by atoms with Crippen LogP contribution in [-0.2, 0) is 11.8 Å². The van der Waals surface area contributed by atoms with Gasteiger partial charge in [0.1, 0.15) is 0 Å². The number of halogens is 1. The number of carbonyl (C=O) groups excluding carboxylic acids is 1. The zero-order chi connectivity index (χ0) is 24.2. The fourth-order valence-electron chi connectivity index (χ4n) is 4.46. The molecule has 8 nitrogen and oxygen atoms in total. The molecule has 1 fully saturated rings. The molecular weight excluding hydrogens is 498 g/mol. The third-order valence-corrected chi connectivity index (χ3v) is 6.73. The Morgan fingerprint density at radius 1 is 1.26 bits per heavy atom. The molecule has 0 bridgehead atoms. The summed E-state index contributed by atoms with van der Waals surface area (Å²) in [6.07, 6.45) is 5.07. The summed E-state index contributed by atoms with van der Waals surface area (Å²) in [6, 6.07) is 9.28. The minimum Gasteiger partial charge on any atom is -0.477 e. The maximum absolute atomic E-state index is 12.0. The van der Waals surface area contributed by atoms with Crippen molar-refractivity contribution in [2.24, 2.45) is 18.9 Å². The summed E-state index contributed by atoms with van der Waals surface area (Å²) in [7, 11) is 3.22. The van der Waals surface area contributed by atoms with E-state index in [-0.39, 0.29) is 0 Å². The number of aromatic nitrogens is 3. The van der Waals surface area contributed by atoms with Gasteiger partial charge in [-0.25, -0.2) is 9.48 Å². The molecule has 2 heterocycles. The average molecular weight is 528 g/mol. The normalized spacial score (nSPS) is 17.5. The highest BCUT2D eigenvalue weighted by atomic mass is 79.9. The number of carbonyl (C=O) groups is 1. The number of esters is 1. The van der Waals surface area contributed by atoms with Crippen LogP contribution < -0.4 is 15.8 Å². The van der Waals surface area contributed by atoms with E-state index in [4.69, 9.17) is 15.2 Å². The number of anilines is 2. The van der Waals surface area contributed by atoms with E-state index in [9.17, 15) is 4.79 Å². The van der Waals surface area contributed by atoms with E-state index < -0.39 is 5.97 Å². The van der Waals surface area contributed by atoms with E-state index in [0.29, 0.717) is 35.6 Å². The Balaban J connectivity index is 1.38. The van der Waals surface area contributed by atoms with Crippen molar-refractivity contribution in [3.05, 3.63) is 52.3 Å². The summed E-state index contributed by atoms with van der Waals surface area (Å²) in [4.78, 5) is 16.6. The molecule has 1 saturated carbocycles. The first-order chi connectivity index (χ1) is 16.3.